The molecule has 2 amide bonds. The molecule has 9 nitrogen and oxygen atoms in total. The highest BCUT2D eigenvalue weighted by molar-refractivity contribution is 14.0. The van der Waals surface area contributed by atoms with E-state index in [4.69, 9.17) is 15.2 Å². The van der Waals surface area contributed by atoms with Crippen molar-refractivity contribution in [1.82, 2.24) is 15.1 Å². The van der Waals surface area contributed by atoms with Crippen molar-refractivity contribution in [3.8, 4) is 0 Å². The van der Waals surface area contributed by atoms with Crippen molar-refractivity contribution in [2.45, 2.75) is 77.5 Å². The first-order valence-corrected chi connectivity index (χ1v) is 10.7. The summed E-state index contributed by atoms with van der Waals surface area (Å²) in [7, 11) is 0. The lowest BCUT2D eigenvalue weighted by Gasteiger charge is -2.36. The number of ether oxygens (including phenoxy) is 2. The molecule has 2 aliphatic rings. The molecular weight excluding hydrogens is 501 g/mol. The zero-order valence-electron chi connectivity index (χ0n) is 18.7. The van der Waals surface area contributed by atoms with Crippen LogP contribution in [0.15, 0.2) is 4.99 Å². The SMILES string of the molecule is CCOC(=O)N1CCC(NC(N)=NCC2CCCCN2C(=O)OC(C)(C)C)CC1.I. The molecule has 2 fully saturated rings. The molecule has 0 aromatic carbocycles. The summed E-state index contributed by atoms with van der Waals surface area (Å²) in [6.45, 7) is 10.2. The van der Waals surface area contributed by atoms with Gasteiger partial charge in [-0.15, -0.1) is 24.0 Å². The average molecular weight is 539 g/mol. The molecule has 0 aromatic heterocycles. The Balaban J connectivity index is 0.00000450. The van der Waals surface area contributed by atoms with Crippen LogP contribution >= 0.6 is 24.0 Å². The van der Waals surface area contributed by atoms with E-state index in [9.17, 15) is 9.59 Å². The van der Waals surface area contributed by atoms with Gasteiger partial charge in [-0.2, -0.15) is 0 Å². The second kappa shape index (κ2) is 12.4. The van der Waals surface area contributed by atoms with Gasteiger partial charge in [-0.05, 0) is 59.8 Å². The summed E-state index contributed by atoms with van der Waals surface area (Å²) in [5.41, 5.74) is 5.57. The average Bonchev–Trinajstić information content (AvgIpc) is 2.66. The molecule has 0 bridgehead atoms. The third-order valence-electron chi connectivity index (χ3n) is 5.10. The number of amides is 2. The number of aliphatic imine (C=N–C) groups is 1. The number of guanidine groups is 1. The van der Waals surface area contributed by atoms with Crippen LogP contribution in [0.2, 0.25) is 0 Å². The van der Waals surface area contributed by atoms with Gasteiger partial charge in [-0.3, -0.25) is 4.99 Å². The van der Waals surface area contributed by atoms with Crippen LogP contribution in [0, 0.1) is 0 Å². The number of nitrogens with one attached hydrogen (secondary N) is 1. The Morgan fingerprint density at radius 2 is 1.77 bits per heavy atom. The van der Waals surface area contributed by atoms with E-state index in [-0.39, 0.29) is 48.2 Å². The molecule has 2 heterocycles. The van der Waals surface area contributed by atoms with E-state index >= 15 is 0 Å². The second-order valence-electron chi connectivity index (χ2n) is 8.65. The second-order valence-corrected chi connectivity index (χ2v) is 8.65. The van der Waals surface area contributed by atoms with Gasteiger partial charge in [0.2, 0.25) is 0 Å². The number of halogens is 1. The molecule has 10 heteroatoms. The number of piperidine rings is 2. The van der Waals surface area contributed by atoms with Gasteiger partial charge in [0, 0.05) is 25.7 Å². The van der Waals surface area contributed by atoms with Crippen molar-refractivity contribution in [2.75, 3.05) is 32.8 Å². The van der Waals surface area contributed by atoms with Crippen LogP contribution in [0.3, 0.4) is 0 Å². The molecule has 0 spiro atoms. The van der Waals surface area contributed by atoms with Crippen LogP contribution < -0.4 is 11.1 Å². The minimum absolute atomic E-state index is 0. The smallest absolute Gasteiger partial charge is 0.410 e. The minimum Gasteiger partial charge on any atom is -0.450 e. The fraction of sp³-hybridized carbons (Fsp3) is 0.850. The molecule has 2 rings (SSSR count). The first kappa shape index (κ1) is 26.6. The molecule has 1 unspecified atom stereocenters. The van der Waals surface area contributed by atoms with Crippen LogP contribution in [-0.4, -0.2) is 78.4 Å². The number of likely N-dealkylation sites (tertiary alicyclic amines) is 2. The van der Waals surface area contributed by atoms with E-state index in [0.717, 1.165) is 32.1 Å². The Hall–Kier alpha value is -1.46. The van der Waals surface area contributed by atoms with E-state index in [1.165, 1.54) is 0 Å². The Morgan fingerprint density at radius 3 is 2.37 bits per heavy atom. The molecule has 1 atom stereocenters. The lowest BCUT2D eigenvalue weighted by atomic mass is 10.0. The summed E-state index contributed by atoms with van der Waals surface area (Å²) in [5, 5.41) is 3.25. The summed E-state index contributed by atoms with van der Waals surface area (Å²) < 4.78 is 10.6. The monoisotopic (exact) mass is 539 g/mol. The third-order valence-corrected chi connectivity index (χ3v) is 5.10. The van der Waals surface area contributed by atoms with Crippen LogP contribution in [0.4, 0.5) is 9.59 Å². The van der Waals surface area contributed by atoms with Crippen LogP contribution in [0.1, 0.15) is 59.8 Å². The fourth-order valence-corrected chi connectivity index (χ4v) is 3.63. The number of carbonyl (C=O) groups excluding carboxylic acids is 2. The van der Waals surface area contributed by atoms with Gasteiger partial charge in [-0.25, -0.2) is 9.59 Å². The Labute approximate surface area is 197 Å². The fourth-order valence-electron chi connectivity index (χ4n) is 3.63. The van der Waals surface area contributed by atoms with Gasteiger partial charge in [0.25, 0.3) is 0 Å². The molecule has 0 aromatic rings. The number of hydrogen-bond acceptors (Lipinski definition) is 5. The molecule has 2 saturated heterocycles. The van der Waals surface area contributed by atoms with Crippen LogP contribution in [0.25, 0.3) is 0 Å². The highest BCUT2D eigenvalue weighted by Gasteiger charge is 2.30. The van der Waals surface area contributed by atoms with E-state index < -0.39 is 5.60 Å². The van der Waals surface area contributed by atoms with Crippen LogP contribution in [-0.2, 0) is 9.47 Å². The van der Waals surface area contributed by atoms with Crippen molar-refractivity contribution in [1.29, 1.82) is 0 Å². The highest BCUT2D eigenvalue weighted by atomic mass is 127. The van der Waals surface area contributed by atoms with Crippen molar-refractivity contribution in [3.05, 3.63) is 0 Å². The van der Waals surface area contributed by atoms with Gasteiger partial charge in [0.05, 0.1) is 19.2 Å². The summed E-state index contributed by atoms with van der Waals surface area (Å²) in [4.78, 5) is 32.2. The summed E-state index contributed by atoms with van der Waals surface area (Å²) in [5.74, 6) is 0.384. The summed E-state index contributed by atoms with van der Waals surface area (Å²) in [6.07, 6.45) is 3.99. The first-order chi connectivity index (χ1) is 13.7. The Bertz CT molecular complexity index is 588. The van der Waals surface area contributed by atoms with E-state index in [2.05, 4.69) is 10.3 Å². The predicted octanol–water partition coefficient (Wildman–Crippen LogP) is 2.92. The van der Waals surface area contributed by atoms with E-state index in [1.54, 1.807) is 16.7 Å². The molecule has 3 N–H and O–H groups in total. The number of rotatable bonds is 4. The number of hydrogen-bond donors (Lipinski definition) is 2. The first-order valence-electron chi connectivity index (χ1n) is 10.7. The standard InChI is InChI=1S/C20H37N5O4.HI/c1-5-28-18(26)24-12-9-15(10-13-24)23-17(21)22-14-16-8-6-7-11-25(16)19(27)29-20(2,3)4;/h15-16H,5-14H2,1-4H3,(H3,21,22,23);1H. The van der Waals surface area contributed by atoms with Crippen LogP contribution in [0.5, 0.6) is 0 Å². The van der Waals surface area contributed by atoms with Gasteiger partial charge < -0.3 is 30.3 Å². The topological polar surface area (TPSA) is 109 Å². The third kappa shape index (κ3) is 8.73. The van der Waals surface area contributed by atoms with Crippen molar-refractivity contribution in [2.24, 2.45) is 10.7 Å². The largest absolute Gasteiger partial charge is 0.450 e. The normalized spacial score (nSPS) is 20.9. The summed E-state index contributed by atoms with van der Waals surface area (Å²) >= 11 is 0. The molecule has 174 valence electrons. The number of carbonyl (C=O) groups is 2. The Morgan fingerprint density at radius 1 is 1.10 bits per heavy atom. The maximum atomic E-state index is 12.5. The lowest BCUT2D eigenvalue weighted by Crippen LogP contribution is -2.50. The maximum Gasteiger partial charge on any atom is 0.410 e. The number of nitrogens with zero attached hydrogens (tertiary/aromatic N) is 3. The van der Waals surface area contributed by atoms with E-state index in [0.29, 0.717) is 38.7 Å². The highest BCUT2D eigenvalue weighted by Crippen LogP contribution is 2.20. The molecular formula is C20H38IN5O4. The van der Waals surface area contributed by atoms with Crippen molar-refractivity contribution < 1.29 is 19.1 Å². The molecule has 0 saturated carbocycles. The molecule has 0 radical (unpaired) electrons. The lowest BCUT2D eigenvalue weighted by molar-refractivity contribution is 0.0109. The van der Waals surface area contributed by atoms with Gasteiger partial charge >= 0.3 is 12.2 Å². The maximum absolute atomic E-state index is 12.5. The number of nitrogens with two attached hydrogens (primary N) is 1. The molecule has 0 aliphatic carbocycles. The zero-order valence-corrected chi connectivity index (χ0v) is 21.0. The molecule has 30 heavy (non-hydrogen) atoms. The van der Waals surface area contributed by atoms with Gasteiger partial charge in [0.15, 0.2) is 5.96 Å². The van der Waals surface area contributed by atoms with Gasteiger partial charge in [0.1, 0.15) is 5.60 Å². The zero-order chi connectivity index (χ0) is 21.4. The van der Waals surface area contributed by atoms with Crippen molar-refractivity contribution >= 4 is 42.1 Å². The van der Waals surface area contributed by atoms with Gasteiger partial charge in [-0.1, -0.05) is 0 Å². The van der Waals surface area contributed by atoms with Crippen molar-refractivity contribution in [3.63, 3.8) is 0 Å². The quantitative estimate of drug-likeness (QED) is 0.323. The Kier molecular flexibility index (Phi) is 11.0. The molecule has 2 aliphatic heterocycles. The minimum atomic E-state index is -0.513. The van der Waals surface area contributed by atoms with E-state index in [1.807, 2.05) is 20.8 Å². The predicted molar refractivity (Wildman–Crippen MR) is 127 cm³/mol. The summed E-state index contributed by atoms with van der Waals surface area (Å²) in [6, 6.07) is 0.183.